The van der Waals surface area contributed by atoms with Crippen molar-refractivity contribution in [2.75, 3.05) is 6.61 Å². The average Bonchev–Trinajstić information content (AvgIpc) is 2.44. The lowest BCUT2D eigenvalue weighted by Crippen LogP contribution is -2.45. The minimum absolute atomic E-state index is 0.243. The van der Waals surface area contributed by atoms with Gasteiger partial charge in [-0.1, -0.05) is 43.1 Å². The number of thiocarbonyl (C=S) groups is 1. The molecule has 7 heteroatoms. The molecule has 0 bridgehead atoms. The van der Waals surface area contributed by atoms with Crippen LogP contribution in [0.25, 0.3) is 0 Å². The van der Waals surface area contributed by atoms with Crippen molar-refractivity contribution in [2.24, 2.45) is 5.92 Å². The van der Waals surface area contributed by atoms with E-state index in [-0.39, 0.29) is 5.92 Å². The van der Waals surface area contributed by atoms with Gasteiger partial charge in [0.15, 0.2) is 5.11 Å². The largest absolute Gasteiger partial charge is 0.462 e. The molecule has 1 aromatic carbocycles. The van der Waals surface area contributed by atoms with Crippen molar-refractivity contribution >= 4 is 46.5 Å². The molecule has 4 nitrogen and oxygen atoms in total. The molecule has 0 amide bonds. The zero-order valence-electron chi connectivity index (χ0n) is 13.1. The number of halogens is 2. The highest BCUT2D eigenvalue weighted by atomic mass is 35.5. The van der Waals surface area contributed by atoms with Crippen molar-refractivity contribution in [3.05, 3.63) is 45.1 Å². The number of rotatable bonds is 4. The van der Waals surface area contributed by atoms with E-state index in [1.165, 1.54) is 0 Å². The lowest BCUT2D eigenvalue weighted by molar-refractivity contribution is -0.140. The smallest absolute Gasteiger partial charge is 0.338 e. The van der Waals surface area contributed by atoms with Crippen LogP contribution in [0.3, 0.4) is 0 Å². The molecule has 2 N–H and O–H groups in total. The molecule has 0 unspecified atom stereocenters. The molecule has 0 aromatic heterocycles. The molecule has 0 saturated carbocycles. The second kappa shape index (κ2) is 7.51. The van der Waals surface area contributed by atoms with Gasteiger partial charge in [-0.2, -0.15) is 0 Å². The molecule has 1 aromatic rings. The summed E-state index contributed by atoms with van der Waals surface area (Å²) in [7, 11) is 0. The maximum absolute atomic E-state index is 12.5. The van der Waals surface area contributed by atoms with E-state index in [0.29, 0.717) is 38.6 Å². The summed E-state index contributed by atoms with van der Waals surface area (Å²) < 4.78 is 5.37. The van der Waals surface area contributed by atoms with Crippen LogP contribution >= 0.6 is 35.4 Å². The number of hydrogen-bond acceptors (Lipinski definition) is 3. The van der Waals surface area contributed by atoms with Gasteiger partial charge in [0.2, 0.25) is 0 Å². The lowest BCUT2D eigenvalue weighted by Gasteiger charge is -2.31. The van der Waals surface area contributed by atoms with Gasteiger partial charge in [0, 0.05) is 21.3 Å². The summed E-state index contributed by atoms with van der Waals surface area (Å²) in [6.45, 7) is 6.06. The summed E-state index contributed by atoms with van der Waals surface area (Å²) in [6, 6.07) is 4.65. The van der Waals surface area contributed by atoms with Crippen LogP contribution in [0.1, 0.15) is 32.4 Å². The maximum Gasteiger partial charge on any atom is 0.338 e. The van der Waals surface area contributed by atoms with Crippen LogP contribution in [-0.4, -0.2) is 17.7 Å². The van der Waals surface area contributed by atoms with Crippen LogP contribution in [0.15, 0.2) is 29.5 Å². The molecule has 0 radical (unpaired) electrons. The zero-order valence-corrected chi connectivity index (χ0v) is 15.4. The standard InChI is InChI=1S/C16H18Cl2N2O2S/c1-8(2)7-22-15(21)12-9(3)19-16(23)20-14(12)13-10(17)5-4-6-11(13)18/h4-6,8,14H,7H2,1-3H3,(H2,19,20,23)/t14-/m1/s1. The number of benzene rings is 1. The number of allylic oxidation sites excluding steroid dienone is 1. The van der Waals surface area contributed by atoms with Crippen LogP contribution in [0.4, 0.5) is 0 Å². The summed E-state index contributed by atoms with van der Waals surface area (Å²) in [4.78, 5) is 12.5. The van der Waals surface area contributed by atoms with E-state index in [1.807, 2.05) is 13.8 Å². The highest BCUT2D eigenvalue weighted by Crippen LogP contribution is 2.36. The van der Waals surface area contributed by atoms with E-state index < -0.39 is 12.0 Å². The second-order valence-electron chi connectivity index (χ2n) is 5.70. The second-order valence-corrected chi connectivity index (χ2v) is 6.92. The van der Waals surface area contributed by atoms with Gasteiger partial charge in [-0.15, -0.1) is 0 Å². The highest BCUT2D eigenvalue weighted by Gasteiger charge is 2.33. The van der Waals surface area contributed by atoms with Crippen molar-refractivity contribution in [1.29, 1.82) is 0 Å². The minimum atomic E-state index is -0.551. The number of hydrogen-bond donors (Lipinski definition) is 2. The fraction of sp³-hybridized carbons (Fsp3) is 0.375. The van der Waals surface area contributed by atoms with Gasteiger partial charge in [0.05, 0.1) is 18.2 Å². The Hall–Kier alpha value is -1.30. The zero-order chi connectivity index (χ0) is 17.1. The number of ether oxygens (including phenoxy) is 1. The van der Waals surface area contributed by atoms with E-state index in [2.05, 4.69) is 10.6 Å². The van der Waals surface area contributed by atoms with E-state index >= 15 is 0 Å². The lowest BCUT2D eigenvalue weighted by atomic mass is 9.95. The third-order valence-corrected chi connectivity index (χ3v) is 4.20. The van der Waals surface area contributed by atoms with Gasteiger partial charge in [0.1, 0.15) is 0 Å². The molecular formula is C16H18Cl2N2O2S. The third-order valence-electron chi connectivity index (χ3n) is 3.33. The summed E-state index contributed by atoms with van der Waals surface area (Å²) in [5.41, 5.74) is 1.66. The number of esters is 1. The molecule has 0 fully saturated rings. The van der Waals surface area contributed by atoms with E-state index in [0.717, 1.165) is 0 Å². The average molecular weight is 373 g/mol. The SMILES string of the molecule is CC1=C(C(=O)OCC(C)C)[C@H](c2c(Cl)cccc2Cl)NC(=S)N1. The van der Waals surface area contributed by atoms with Gasteiger partial charge in [-0.25, -0.2) is 4.79 Å². The molecule has 1 atom stereocenters. The normalized spacial score (nSPS) is 17.8. The molecule has 0 saturated heterocycles. The first-order chi connectivity index (χ1) is 10.8. The summed E-state index contributed by atoms with van der Waals surface area (Å²) >= 11 is 17.8. The number of carbonyl (C=O) groups is 1. The first kappa shape index (κ1) is 18.0. The Morgan fingerprint density at radius 1 is 1.35 bits per heavy atom. The molecule has 1 aliphatic rings. The van der Waals surface area contributed by atoms with Crippen LogP contribution in [0.5, 0.6) is 0 Å². The van der Waals surface area contributed by atoms with Crippen molar-refractivity contribution < 1.29 is 9.53 Å². The van der Waals surface area contributed by atoms with Gasteiger partial charge in [0.25, 0.3) is 0 Å². The van der Waals surface area contributed by atoms with Crippen LogP contribution in [-0.2, 0) is 9.53 Å². The Morgan fingerprint density at radius 3 is 2.52 bits per heavy atom. The Balaban J connectivity index is 2.44. The fourth-order valence-electron chi connectivity index (χ4n) is 2.29. The molecule has 1 heterocycles. The molecule has 0 spiro atoms. The number of nitrogens with one attached hydrogen (secondary N) is 2. The Morgan fingerprint density at radius 2 is 1.96 bits per heavy atom. The van der Waals surface area contributed by atoms with E-state index in [4.69, 9.17) is 40.2 Å². The first-order valence-electron chi connectivity index (χ1n) is 7.20. The quantitative estimate of drug-likeness (QED) is 0.618. The van der Waals surface area contributed by atoms with Gasteiger partial charge < -0.3 is 15.4 Å². The van der Waals surface area contributed by atoms with Crippen LogP contribution < -0.4 is 10.6 Å². The number of carbonyl (C=O) groups excluding carboxylic acids is 1. The Labute approximate surface area is 151 Å². The van der Waals surface area contributed by atoms with E-state index in [1.54, 1.807) is 25.1 Å². The minimum Gasteiger partial charge on any atom is -0.462 e. The fourth-order valence-corrected chi connectivity index (χ4v) is 3.17. The third kappa shape index (κ3) is 4.16. The van der Waals surface area contributed by atoms with Crippen molar-refractivity contribution in [3.63, 3.8) is 0 Å². The predicted molar refractivity (Wildman–Crippen MR) is 96.6 cm³/mol. The topological polar surface area (TPSA) is 50.4 Å². The molecule has 2 rings (SSSR count). The predicted octanol–water partition coefficient (Wildman–Crippen LogP) is 3.99. The Kier molecular flexibility index (Phi) is 5.89. The molecular weight excluding hydrogens is 355 g/mol. The van der Waals surface area contributed by atoms with Crippen molar-refractivity contribution in [3.8, 4) is 0 Å². The van der Waals surface area contributed by atoms with E-state index in [9.17, 15) is 4.79 Å². The maximum atomic E-state index is 12.5. The highest BCUT2D eigenvalue weighted by molar-refractivity contribution is 7.80. The van der Waals surface area contributed by atoms with Crippen LogP contribution in [0, 0.1) is 5.92 Å². The summed E-state index contributed by atoms with van der Waals surface area (Å²) in [6.07, 6.45) is 0. The van der Waals surface area contributed by atoms with Crippen molar-refractivity contribution in [2.45, 2.75) is 26.8 Å². The van der Waals surface area contributed by atoms with Gasteiger partial charge in [-0.3, -0.25) is 0 Å². The molecule has 124 valence electrons. The van der Waals surface area contributed by atoms with Crippen LogP contribution in [0.2, 0.25) is 10.0 Å². The molecule has 1 aliphatic heterocycles. The monoisotopic (exact) mass is 372 g/mol. The van der Waals surface area contributed by atoms with Gasteiger partial charge >= 0.3 is 5.97 Å². The van der Waals surface area contributed by atoms with Gasteiger partial charge in [-0.05, 0) is 37.2 Å². The molecule has 23 heavy (non-hydrogen) atoms. The Bertz CT molecular complexity index is 654. The van der Waals surface area contributed by atoms with Crippen molar-refractivity contribution in [1.82, 2.24) is 10.6 Å². The first-order valence-corrected chi connectivity index (χ1v) is 8.37. The molecule has 0 aliphatic carbocycles. The summed E-state index contributed by atoms with van der Waals surface area (Å²) in [5.74, 6) is -0.174. The summed E-state index contributed by atoms with van der Waals surface area (Å²) in [5, 5.41) is 7.33.